The molecule has 0 fully saturated rings. The zero-order valence-electron chi connectivity index (χ0n) is 11.6. The van der Waals surface area contributed by atoms with Crippen molar-refractivity contribution in [3.8, 4) is 0 Å². The minimum Gasteiger partial charge on any atom is -0.288 e. The average Bonchev–Trinajstić information content (AvgIpc) is 2.45. The monoisotopic (exact) mass is 373 g/mol. The van der Waals surface area contributed by atoms with Crippen LogP contribution < -0.4 is 5.48 Å². The van der Waals surface area contributed by atoms with Gasteiger partial charge in [-0.2, -0.15) is 0 Å². The first-order chi connectivity index (χ1) is 9.77. The van der Waals surface area contributed by atoms with Gasteiger partial charge in [0.15, 0.2) is 9.84 Å². The van der Waals surface area contributed by atoms with Crippen molar-refractivity contribution in [1.82, 2.24) is 5.48 Å². The summed E-state index contributed by atoms with van der Waals surface area (Å²) in [6, 6.07) is 6.41. The van der Waals surface area contributed by atoms with Crippen LogP contribution in [0, 0.1) is 0 Å². The standard InChI is InChI=1S/C14H16BrNO4S/c1-10(3-8-14(17)16-18)9-11(2)21(19,20)13-6-4-12(15)5-7-13/h3-9,11,18H,1-2H3,(H,16,17)/b8-3+,10-9+. The smallest absolute Gasteiger partial charge is 0.267 e. The van der Waals surface area contributed by atoms with Gasteiger partial charge in [0, 0.05) is 10.5 Å². The highest BCUT2D eigenvalue weighted by atomic mass is 79.9. The summed E-state index contributed by atoms with van der Waals surface area (Å²) >= 11 is 3.26. The van der Waals surface area contributed by atoms with Gasteiger partial charge in [0.1, 0.15) is 0 Å². The first kappa shape index (κ1) is 17.6. The molecule has 0 aliphatic rings. The Morgan fingerprint density at radius 3 is 2.38 bits per heavy atom. The van der Waals surface area contributed by atoms with E-state index in [9.17, 15) is 13.2 Å². The maximum atomic E-state index is 12.4. The van der Waals surface area contributed by atoms with E-state index < -0.39 is 21.0 Å². The number of benzene rings is 1. The normalized spacial score (nSPS) is 14.2. The fourth-order valence-electron chi connectivity index (χ4n) is 1.60. The van der Waals surface area contributed by atoms with Crippen molar-refractivity contribution < 1.29 is 18.4 Å². The van der Waals surface area contributed by atoms with Crippen LogP contribution in [0.2, 0.25) is 0 Å². The second-order valence-electron chi connectivity index (χ2n) is 4.42. The molecule has 1 amide bonds. The molecule has 0 aliphatic heterocycles. The summed E-state index contributed by atoms with van der Waals surface area (Å²) in [7, 11) is -3.48. The maximum absolute atomic E-state index is 12.4. The van der Waals surface area contributed by atoms with E-state index in [0.29, 0.717) is 5.57 Å². The van der Waals surface area contributed by atoms with Gasteiger partial charge in [0.25, 0.3) is 5.91 Å². The Morgan fingerprint density at radius 2 is 1.86 bits per heavy atom. The molecule has 5 nitrogen and oxygen atoms in total. The van der Waals surface area contributed by atoms with Crippen LogP contribution in [-0.4, -0.2) is 24.8 Å². The van der Waals surface area contributed by atoms with Crippen molar-refractivity contribution in [3.63, 3.8) is 0 Å². The molecule has 0 aliphatic carbocycles. The highest BCUT2D eigenvalue weighted by molar-refractivity contribution is 9.10. The number of sulfone groups is 1. The molecule has 1 aromatic carbocycles. The van der Waals surface area contributed by atoms with Gasteiger partial charge >= 0.3 is 0 Å². The van der Waals surface area contributed by atoms with Gasteiger partial charge in [0.2, 0.25) is 0 Å². The van der Waals surface area contributed by atoms with Crippen LogP contribution in [0.15, 0.2) is 57.4 Å². The quantitative estimate of drug-likeness (QED) is 0.359. The van der Waals surface area contributed by atoms with Crippen LogP contribution >= 0.6 is 15.9 Å². The van der Waals surface area contributed by atoms with Gasteiger partial charge in [-0.05, 0) is 38.1 Å². The summed E-state index contributed by atoms with van der Waals surface area (Å²) in [5.74, 6) is -0.675. The largest absolute Gasteiger partial charge is 0.288 e. The summed E-state index contributed by atoms with van der Waals surface area (Å²) in [5, 5.41) is 7.62. The number of nitrogens with one attached hydrogen (secondary N) is 1. The fourth-order valence-corrected chi connectivity index (χ4v) is 3.20. The third kappa shape index (κ3) is 5.11. The Kier molecular flexibility index (Phi) is 6.32. The molecule has 0 radical (unpaired) electrons. The Balaban J connectivity index is 2.96. The molecule has 1 rings (SSSR count). The SMILES string of the molecule is CC(/C=C/C(=O)NO)=C\C(C)S(=O)(=O)c1ccc(Br)cc1. The Hall–Kier alpha value is -1.44. The van der Waals surface area contributed by atoms with E-state index >= 15 is 0 Å². The van der Waals surface area contributed by atoms with E-state index in [1.165, 1.54) is 23.7 Å². The first-order valence-corrected chi connectivity index (χ1v) is 8.41. The molecular formula is C14H16BrNO4S. The van der Waals surface area contributed by atoms with Gasteiger partial charge in [-0.3, -0.25) is 10.0 Å². The van der Waals surface area contributed by atoms with E-state index in [1.807, 2.05) is 0 Å². The third-order valence-electron chi connectivity index (χ3n) is 2.74. The molecule has 2 N–H and O–H groups in total. The zero-order valence-corrected chi connectivity index (χ0v) is 14.0. The topological polar surface area (TPSA) is 83.5 Å². The van der Waals surface area contributed by atoms with Crippen molar-refractivity contribution >= 4 is 31.7 Å². The molecule has 0 heterocycles. The Morgan fingerprint density at radius 1 is 1.29 bits per heavy atom. The molecular weight excluding hydrogens is 358 g/mol. The zero-order chi connectivity index (χ0) is 16.0. The highest BCUT2D eigenvalue weighted by Crippen LogP contribution is 2.20. The number of hydrogen-bond acceptors (Lipinski definition) is 4. The van der Waals surface area contributed by atoms with Crippen LogP contribution in [0.1, 0.15) is 13.8 Å². The van der Waals surface area contributed by atoms with Gasteiger partial charge in [-0.15, -0.1) is 0 Å². The Labute approximate surface area is 132 Å². The van der Waals surface area contributed by atoms with Crippen LogP contribution in [0.25, 0.3) is 0 Å². The van der Waals surface area contributed by atoms with Crippen molar-refractivity contribution in [3.05, 3.63) is 52.5 Å². The average molecular weight is 374 g/mol. The highest BCUT2D eigenvalue weighted by Gasteiger charge is 2.21. The molecule has 7 heteroatoms. The fraction of sp³-hybridized carbons (Fsp3) is 0.214. The van der Waals surface area contributed by atoms with Crippen LogP contribution in [0.5, 0.6) is 0 Å². The summed E-state index contributed by atoms with van der Waals surface area (Å²) < 4.78 is 25.5. The predicted octanol–water partition coefficient (Wildman–Crippen LogP) is 2.62. The van der Waals surface area contributed by atoms with Crippen molar-refractivity contribution in [1.29, 1.82) is 0 Å². The molecule has 0 aromatic heterocycles. The summed E-state index contributed by atoms with van der Waals surface area (Å²) in [6.45, 7) is 3.25. The summed E-state index contributed by atoms with van der Waals surface area (Å²) in [6.07, 6.45) is 4.09. The number of hydroxylamine groups is 1. The van der Waals surface area contributed by atoms with Crippen LogP contribution in [-0.2, 0) is 14.6 Å². The number of rotatable bonds is 5. The number of allylic oxidation sites excluding steroid dienone is 2. The molecule has 0 spiro atoms. The Bertz CT molecular complexity index is 663. The lowest BCUT2D eigenvalue weighted by molar-refractivity contribution is -0.124. The van der Waals surface area contributed by atoms with Gasteiger partial charge in [-0.25, -0.2) is 13.9 Å². The number of halogens is 1. The predicted molar refractivity (Wildman–Crippen MR) is 83.6 cm³/mol. The minimum absolute atomic E-state index is 0.235. The van der Waals surface area contributed by atoms with Crippen molar-refractivity contribution in [2.45, 2.75) is 24.0 Å². The first-order valence-electron chi connectivity index (χ1n) is 6.07. The minimum atomic E-state index is -3.48. The molecule has 0 bridgehead atoms. The number of carbonyl (C=O) groups is 1. The molecule has 0 saturated heterocycles. The molecule has 1 aromatic rings. The van der Waals surface area contributed by atoms with E-state index in [1.54, 1.807) is 32.1 Å². The van der Waals surface area contributed by atoms with Gasteiger partial charge in [0.05, 0.1) is 10.1 Å². The molecule has 1 atom stereocenters. The molecule has 0 saturated carbocycles. The summed E-state index contributed by atoms with van der Waals surface area (Å²) in [4.78, 5) is 11.1. The number of carbonyl (C=O) groups excluding carboxylic acids is 1. The van der Waals surface area contributed by atoms with E-state index in [4.69, 9.17) is 5.21 Å². The van der Waals surface area contributed by atoms with Crippen molar-refractivity contribution in [2.24, 2.45) is 0 Å². The maximum Gasteiger partial charge on any atom is 0.267 e. The summed E-state index contributed by atoms with van der Waals surface area (Å²) in [5.41, 5.74) is 2.06. The second-order valence-corrected chi connectivity index (χ2v) is 7.64. The number of amides is 1. The van der Waals surface area contributed by atoms with Crippen LogP contribution in [0.4, 0.5) is 0 Å². The second kappa shape index (κ2) is 7.53. The van der Waals surface area contributed by atoms with E-state index in [-0.39, 0.29) is 4.90 Å². The van der Waals surface area contributed by atoms with Crippen LogP contribution in [0.3, 0.4) is 0 Å². The van der Waals surface area contributed by atoms with Crippen molar-refractivity contribution in [2.75, 3.05) is 0 Å². The third-order valence-corrected chi connectivity index (χ3v) is 5.31. The number of hydrogen-bond donors (Lipinski definition) is 2. The lowest BCUT2D eigenvalue weighted by atomic mass is 10.2. The lowest BCUT2D eigenvalue weighted by Crippen LogP contribution is -2.16. The molecule has 21 heavy (non-hydrogen) atoms. The molecule has 1 unspecified atom stereocenters. The van der Waals surface area contributed by atoms with Gasteiger partial charge in [-0.1, -0.05) is 33.7 Å². The lowest BCUT2D eigenvalue weighted by Gasteiger charge is -2.10. The molecule has 114 valence electrons. The van der Waals surface area contributed by atoms with E-state index in [2.05, 4.69) is 15.9 Å². The van der Waals surface area contributed by atoms with E-state index in [0.717, 1.165) is 10.5 Å². The van der Waals surface area contributed by atoms with Gasteiger partial charge < -0.3 is 0 Å².